The maximum atomic E-state index is 12.0. The molecule has 1 fully saturated rings. The van der Waals surface area contributed by atoms with E-state index in [9.17, 15) is 4.79 Å². The number of aromatic nitrogens is 1. The first-order valence-electron chi connectivity index (χ1n) is 8.40. The molecule has 0 aliphatic carbocycles. The van der Waals surface area contributed by atoms with Crippen LogP contribution in [0.2, 0.25) is 0 Å². The Kier molecular flexibility index (Phi) is 5.80. The van der Waals surface area contributed by atoms with E-state index >= 15 is 0 Å². The first-order chi connectivity index (χ1) is 11.8. The fraction of sp³-hybridized carbons (Fsp3) is 0.368. The average Bonchev–Trinajstić information content (AvgIpc) is 2.66. The summed E-state index contributed by atoms with van der Waals surface area (Å²) in [5, 5.41) is 5.87. The van der Waals surface area contributed by atoms with Crippen LogP contribution in [0.1, 0.15) is 18.4 Å². The van der Waals surface area contributed by atoms with E-state index in [-0.39, 0.29) is 6.03 Å². The predicted molar refractivity (Wildman–Crippen MR) is 93.5 cm³/mol. The maximum absolute atomic E-state index is 12.0. The number of nitrogens with one attached hydrogen (secondary N) is 2. The summed E-state index contributed by atoms with van der Waals surface area (Å²) in [6, 6.07) is 12.0. The van der Waals surface area contributed by atoms with Crippen molar-refractivity contribution in [2.24, 2.45) is 5.92 Å². The number of amides is 2. The molecular weight excluding hydrogens is 302 g/mol. The molecule has 1 aliphatic rings. The summed E-state index contributed by atoms with van der Waals surface area (Å²) in [5.41, 5.74) is 3.24. The number of hydrogen-bond acceptors (Lipinski definition) is 3. The first kappa shape index (κ1) is 16.5. The zero-order valence-corrected chi connectivity index (χ0v) is 13.7. The quantitative estimate of drug-likeness (QED) is 0.888. The molecule has 0 atom stereocenters. The third-order valence-electron chi connectivity index (χ3n) is 4.27. The van der Waals surface area contributed by atoms with E-state index in [1.807, 2.05) is 36.5 Å². The van der Waals surface area contributed by atoms with E-state index in [4.69, 9.17) is 4.74 Å². The molecule has 0 unspecified atom stereocenters. The number of urea groups is 1. The fourth-order valence-electron chi connectivity index (χ4n) is 2.83. The summed E-state index contributed by atoms with van der Waals surface area (Å²) < 4.78 is 5.33. The van der Waals surface area contributed by atoms with Gasteiger partial charge in [0.2, 0.25) is 0 Å². The van der Waals surface area contributed by atoms with Crippen molar-refractivity contribution in [1.29, 1.82) is 0 Å². The van der Waals surface area contributed by atoms with Crippen LogP contribution >= 0.6 is 0 Å². The van der Waals surface area contributed by atoms with E-state index in [0.717, 1.165) is 42.7 Å². The van der Waals surface area contributed by atoms with Gasteiger partial charge >= 0.3 is 6.03 Å². The predicted octanol–water partition coefficient (Wildman–Crippen LogP) is 2.97. The van der Waals surface area contributed by atoms with Gasteiger partial charge in [-0.3, -0.25) is 4.98 Å². The smallest absolute Gasteiger partial charge is 0.315 e. The third kappa shape index (κ3) is 4.80. The third-order valence-corrected chi connectivity index (χ3v) is 4.27. The van der Waals surface area contributed by atoms with Crippen LogP contribution in [0.15, 0.2) is 48.8 Å². The minimum Gasteiger partial charge on any atom is -0.381 e. The summed E-state index contributed by atoms with van der Waals surface area (Å²) in [6.07, 6.45) is 5.64. The number of carbonyl (C=O) groups excluding carboxylic acids is 1. The highest BCUT2D eigenvalue weighted by atomic mass is 16.5. The van der Waals surface area contributed by atoms with Gasteiger partial charge in [-0.15, -0.1) is 0 Å². The first-order valence-corrected chi connectivity index (χ1v) is 8.40. The largest absolute Gasteiger partial charge is 0.381 e. The minimum absolute atomic E-state index is 0.117. The lowest BCUT2D eigenvalue weighted by Gasteiger charge is -2.22. The normalized spacial score (nSPS) is 15.0. The molecule has 2 aromatic rings. The van der Waals surface area contributed by atoms with Crippen molar-refractivity contribution in [2.75, 3.05) is 19.8 Å². The number of pyridine rings is 1. The van der Waals surface area contributed by atoms with Crippen LogP contribution in [0, 0.1) is 5.92 Å². The molecule has 0 radical (unpaired) electrons. The highest BCUT2D eigenvalue weighted by Gasteiger charge is 2.14. The van der Waals surface area contributed by atoms with Crippen molar-refractivity contribution >= 4 is 6.03 Å². The van der Waals surface area contributed by atoms with Crippen molar-refractivity contribution in [2.45, 2.75) is 19.4 Å². The Balaban J connectivity index is 1.48. The molecule has 1 aromatic heterocycles. The van der Waals surface area contributed by atoms with Gasteiger partial charge in [0.05, 0.1) is 0 Å². The van der Waals surface area contributed by atoms with Crippen molar-refractivity contribution in [3.8, 4) is 11.1 Å². The van der Waals surface area contributed by atoms with Crippen molar-refractivity contribution in [3.05, 3.63) is 54.4 Å². The Labute approximate surface area is 142 Å². The second kappa shape index (κ2) is 8.45. The zero-order valence-electron chi connectivity index (χ0n) is 13.7. The van der Waals surface area contributed by atoms with E-state index < -0.39 is 0 Å². The summed E-state index contributed by atoms with van der Waals surface area (Å²) >= 11 is 0. The van der Waals surface area contributed by atoms with Crippen molar-refractivity contribution < 1.29 is 9.53 Å². The van der Waals surface area contributed by atoms with Gasteiger partial charge < -0.3 is 15.4 Å². The molecule has 1 aliphatic heterocycles. The number of carbonyl (C=O) groups is 1. The average molecular weight is 325 g/mol. The molecule has 0 bridgehead atoms. The number of rotatable bonds is 5. The van der Waals surface area contributed by atoms with Crippen LogP contribution in [-0.4, -0.2) is 30.8 Å². The molecular formula is C19H23N3O2. The lowest BCUT2D eigenvalue weighted by molar-refractivity contribution is 0.0669. The lowest BCUT2D eigenvalue weighted by atomic mass is 10.0. The fourth-order valence-corrected chi connectivity index (χ4v) is 2.83. The number of nitrogens with zero attached hydrogens (tertiary/aromatic N) is 1. The zero-order chi connectivity index (χ0) is 16.6. The highest BCUT2D eigenvalue weighted by Crippen LogP contribution is 2.19. The van der Waals surface area contributed by atoms with Gasteiger partial charge in [-0.2, -0.15) is 0 Å². The molecule has 2 heterocycles. The molecule has 5 heteroatoms. The molecule has 1 saturated heterocycles. The van der Waals surface area contributed by atoms with Crippen LogP contribution in [0.3, 0.4) is 0 Å². The van der Waals surface area contributed by atoms with E-state index in [1.54, 1.807) is 6.20 Å². The van der Waals surface area contributed by atoms with E-state index in [1.165, 1.54) is 0 Å². The van der Waals surface area contributed by atoms with Gasteiger partial charge in [-0.25, -0.2) is 4.79 Å². The topological polar surface area (TPSA) is 63.2 Å². The van der Waals surface area contributed by atoms with Crippen LogP contribution in [0.4, 0.5) is 4.79 Å². The standard InChI is InChI=1S/C19H23N3O2/c23-19(21-12-15-6-9-24-10-7-15)22-13-16-3-1-4-17(11-16)18-5-2-8-20-14-18/h1-5,8,11,14-15H,6-7,9-10,12-13H2,(H2,21,22,23). The molecule has 1 aromatic carbocycles. The van der Waals surface area contributed by atoms with Gasteiger partial charge in [0.25, 0.3) is 0 Å². The molecule has 2 amide bonds. The van der Waals surface area contributed by atoms with Crippen LogP contribution in [0.25, 0.3) is 11.1 Å². The Hall–Kier alpha value is -2.40. The van der Waals surface area contributed by atoms with Crippen LogP contribution in [0.5, 0.6) is 0 Å². The van der Waals surface area contributed by atoms with E-state index in [2.05, 4.69) is 21.7 Å². The summed E-state index contributed by atoms with van der Waals surface area (Å²) in [7, 11) is 0. The maximum Gasteiger partial charge on any atom is 0.315 e. The Bertz CT molecular complexity index is 655. The number of hydrogen-bond donors (Lipinski definition) is 2. The number of benzene rings is 1. The molecule has 24 heavy (non-hydrogen) atoms. The second-order valence-electron chi connectivity index (χ2n) is 6.06. The lowest BCUT2D eigenvalue weighted by Crippen LogP contribution is -2.39. The monoisotopic (exact) mass is 325 g/mol. The van der Waals surface area contributed by atoms with Crippen LogP contribution in [-0.2, 0) is 11.3 Å². The minimum atomic E-state index is -0.117. The number of ether oxygens (including phenoxy) is 1. The molecule has 3 rings (SSSR count). The molecule has 0 spiro atoms. The van der Waals surface area contributed by atoms with Gasteiger partial charge in [0.15, 0.2) is 0 Å². The van der Waals surface area contributed by atoms with Gasteiger partial charge in [0.1, 0.15) is 0 Å². The van der Waals surface area contributed by atoms with Gasteiger partial charge in [-0.05, 0) is 47.6 Å². The Morgan fingerprint density at radius 1 is 1.12 bits per heavy atom. The van der Waals surface area contributed by atoms with Crippen LogP contribution < -0.4 is 10.6 Å². The SMILES string of the molecule is O=C(NCc1cccc(-c2cccnc2)c1)NCC1CCOCC1. The van der Waals surface area contributed by atoms with Gasteiger partial charge in [-0.1, -0.05) is 24.3 Å². The van der Waals surface area contributed by atoms with Crippen molar-refractivity contribution in [3.63, 3.8) is 0 Å². The Morgan fingerprint density at radius 3 is 2.75 bits per heavy atom. The molecule has 2 N–H and O–H groups in total. The second-order valence-corrected chi connectivity index (χ2v) is 6.06. The molecule has 5 nitrogen and oxygen atoms in total. The molecule has 0 saturated carbocycles. The van der Waals surface area contributed by atoms with E-state index in [0.29, 0.717) is 19.0 Å². The highest BCUT2D eigenvalue weighted by molar-refractivity contribution is 5.74. The summed E-state index contributed by atoms with van der Waals surface area (Å²) in [4.78, 5) is 16.1. The van der Waals surface area contributed by atoms with Crippen molar-refractivity contribution in [1.82, 2.24) is 15.6 Å². The Morgan fingerprint density at radius 2 is 1.96 bits per heavy atom. The summed E-state index contributed by atoms with van der Waals surface area (Å²) in [6.45, 7) is 2.82. The molecule has 126 valence electrons. The summed E-state index contributed by atoms with van der Waals surface area (Å²) in [5.74, 6) is 0.526. The van der Waals surface area contributed by atoms with Gasteiger partial charge in [0, 0.05) is 38.7 Å².